The number of carbonyl (C=O) groups excluding carboxylic acids is 1. The number of anilines is 1. The maximum atomic E-state index is 12.8. The van der Waals surface area contributed by atoms with Crippen molar-refractivity contribution in [2.75, 3.05) is 11.1 Å². The molecule has 5 nitrogen and oxygen atoms in total. The first kappa shape index (κ1) is 16.3. The van der Waals surface area contributed by atoms with Gasteiger partial charge < -0.3 is 10.6 Å². The van der Waals surface area contributed by atoms with E-state index < -0.39 is 6.04 Å². The highest BCUT2D eigenvalue weighted by Gasteiger charge is 2.42. The van der Waals surface area contributed by atoms with Gasteiger partial charge in [-0.1, -0.05) is 66.7 Å². The van der Waals surface area contributed by atoms with Gasteiger partial charge in [0, 0.05) is 21.8 Å². The average molecular weight is 373 g/mol. The number of para-hydroxylation sites is 1. The molecule has 4 rings (SSSR count). The molecule has 0 aliphatic carbocycles. The van der Waals surface area contributed by atoms with Crippen molar-refractivity contribution < 1.29 is 4.79 Å². The Labute approximate surface area is 155 Å². The van der Waals surface area contributed by atoms with Gasteiger partial charge in [-0.2, -0.15) is 0 Å². The van der Waals surface area contributed by atoms with Crippen LogP contribution in [0.25, 0.3) is 0 Å². The molecule has 0 radical (unpaired) electrons. The van der Waals surface area contributed by atoms with Gasteiger partial charge in [-0.25, -0.2) is 0 Å². The van der Waals surface area contributed by atoms with Crippen LogP contribution in [0.4, 0.5) is 5.69 Å². The van der Waals surface area contributed by atoms with Crippen molar-refractivity contribution in [2.45, 2.75) is 19.1 Å². The third-order valence-corrected chi connectivity index (χ3v) is 5.33. The van der Waals surface area contributed by atoms with Crippen LogP contribution < -0.4 is 10.6 Å². The Morgan fingerprint density at radius 2 is 1.88 bits per heavy atom. The molecule has 0 saturated carbocycles. The van der Waals surface area contributed by atoms with E-state index in [9.17, 15) is 4.79 Å². The van der Waals surface area contributed by atoms with Crippen LogP contribution in [-0.4, -0.2) is 21.8 Å². The number of amidine groups is 1. The molecule has 1 amide bonds. The second-order valence-electron chi connectivity index (χ2n) is 5.77. The van der Waals surface area contributed by atoms with Crippen LogP contribution in [0.5, 0.6) is 0 Å². The summed E-state index contributed by atoms with van der Waals surface area (Å²) in [5.74, 6) is 0.759. The lowest BCUT2D eigenvalue weighted by molar-refractivity contribution is -0.127. The highest BCUT2D eigenvalue weighted by Crippen LogP contribution is 2.43. The number of nitrogens with zero attached hydrogens (tertiary/aromatic N) is 2. The number of nitrogens with one attached hydrogen (secondary N) is 2. The van der Waals surface area contributed by atoms with Gasteiger partial charge in [-0.05, 0) is 17.9 Å². The van der Waals surface area contributed by atoms with Crippen LogP contribution in [0.1, 0.15) is 30.3 Å². The zero-order valence-electron chi connectivity index (χ0n) is 13.6. The number of halogens is 1. The molecule has 2 aromatic rings. The van der Waals surface area contributed by atoms with Gasteiger partial charge in [0.2, 0.25) is 0 Å². The number of thioether (sulfide) groups is 1. The van der Waals surface area contributed by atoms with Crippen molar-refractivity contribution in [1.29, 1.82) is 0 Å². The van der Waals surface area contributed by atoms with E-state index in [1.807, 2.05) is 60.5 Å². The van der Waals surface area contributed by atoms with Gasteiger partial charge >= 0.3 is 0 Å². The van der Waals surface area contributed by atoms with Crippen molar-refractivity contribution in [3.63, 3.8) is 0 Å². The molecule has 128 valence electrons. The van der Waals surface area contributed by atoms with Gasteiger partial charge in [-0.3, -0.25) is 9.80 Å². The van der Waals surface area contributed by atoms with E-state index in [1.54, 1.807) is 0 Å². The molecule has 2 unspecified atom stereocenters. The third-order valence-electron chi connectivity index (χ3n) is 4.24. The van der Waals surface area contributed by atoms with E-state index in [-0.39, 0.29) is 12.1 Å². The minimum Gasteiger partial charge on any atom is -0.360 e. The van der Waals surface area contributed by atoms with Crippen LogP contribution in [0.2, 0.25) is 5.02 Å². The fraction of sp³-hybridized carbons (Fsp3) is 0.222. The Kier molecular flexibility index (Phi) is 4.31. The number of benzene rings is 2. The maximum Gasteiger partial charge on any atom is 0.255 e. The lowest BCUT2D eigenvalue weighted by Crippen LogP contribution is -2.51. The fourth-order valence-corrected chi connectivity index (χ4v) is 4.01. The summed E-state index contributed by atoms with van der Waals surface area (Å²) in [6, 6.07) is 15.0. The van der Waals surface area contributed by atoms with Crippen LogP contribution in [0, 0.1) is 0 Å². The van der Waals surface area contributed by atoms with Crippen molar-refractivity contribution in [2.24, 2.45) is 5.10 Å². The summed E-state index contributed by atoms with van der Waals surface area (Å²) >= 11 is 7.94. The molecule has 2 heterocycles. The van der Waals surface area contributed by atoms with Crippen molar-refractivity contribution in [3.8, 4) is 0 Å². The normalized spacial score (nSPS) is 21.6. The van der Waals surface area contributed by atoms with Crippen LogP contribution >= 0.6 is 23.4 Å². The van der Waals surface area contributed by atoms with Crippen molar-refractivity contribution >= 4 is 40.1 Å². The molecule has 7 heteroatoms. The van der Waals surface area contributed by atoms with Gasteiger partial charge in [0.1, 0.15) is 6.17 Å². The van der Waals surface area contributed by atoms with E-state index in [0.717, 1.165) is 22.6 Å². The van der Waals surface area contributed by atoms with Crippen molar-refractivity contribution in [3.05, 3.63) is 64.7 Å². The van der Waals surface area contributed by atoms with Crippen molar-refractivity contribution in [1.82, 2.24) is 10.3 Å². The Bertz CT molecular complexity index is 856. The summed E-state index contributed by atoms with van der Waals surface area (Å²) < 4.78 is 0. The van der Waals surface area contributed by atoms with E-state index in [4.69, 9.17) is 16.7 Å². The maximum absolute atomic E-state index is 12.8. The largest absolute Gasteiger partial charge is 0.360 e. The Hall–Kier alpha value is -2.18. The van der Waals surface area contributed by atoms with Gasteiger partial charge in [0.25, 0.3) is 5.91 Å². The lowest BCUT2D eigenvalue weighted by Gasteiger charge is -2.43. The van der Waals surface area contributed by atoms with Gasteiger partial charge in [-0.15, -0.1) is 5.10 Å². The molecule has 2 N–H and O–H groups in total. The fourth-order valence-electron chi connectivity index (χ4n) is 3.17. The SMILES string of the molecule is CCSC1=NN2C(c3ccccc3Cl)Nc3ccccc3C2C(=O)N1. The molecular formula is C18H17ClN4OS. The monoisotopic (exact) mass is 372 g/mol. The second-order valence-corrected chi connectivity index (χ2v) is 7.43. The summed E-state index contributed by atoms with van der Waals surface area (Å²) in [5, 5.41) is 14.2. The predicted molar refractivity (Wildman–Crippen MR) is 103 cm³/mol. The number of hydrogen-bond acceptors (Lipinski definition) is 5. The number of hydrogen-bond donors (Lipinski definition) is 2. The van der Waals surface area contributed by atoms with Crippen LogP contribution in [0.15, 0.2) is 53.6 Å². The first-order valence-corrected chi connectivity index (χ1v) is 9.46. The molecule has 0 aromatic heterocycles. The van der Waals surface area contributed by atoms with Crippen LogP contribution in [0.3, 0.4) is 0 Å². The number of rotatable bonds is 2. The molecular weight excluding hydrogens is 356 g/mol. The topological polar surface area (TPSA) is 56.7 Å². The first-order chi connectivity index (χ1) is 12.2. The summed E-state index contributed by atoms with van der Waals surface area (Å²) in [6.45, 7) is 2.03. The highest BCUT2D eigenvalue weighted by molar-refractivity contribution is 8.13. The molecule has 2 aliphatic heterocycles. The molecule has 0 saturated heterocycles. The van der Waals surface area contributed by atoms with E-state index >= 15 is 0 Å². The summed E-state index contributed by atoms with van der Waals surface area (Å²) in [6.07, 6.45) is -0.313. The second kappa shape index (κ2) is 6.61. The van der Waals surface area contributed by atoms with Gasteiger partial charge in [0.05, 0.1) is 0 Å². The molecule has 25 heavy (non-hydrogen) atoms. The Morgan fingerprint density at radius 1 is 1.16 bits per heavy atom. The lowest BCUT2D eigenvalue weighted by atomic mass is 9.97. The Morgan fingerprint density at radius 3 is 2.64 bits per heavy atom. The molecule has 2 atom stereocenters. The average Bonchev–Trinajstić information content (AvgIpc) is 2.61. The number of hydrazone groups is 1. The molecule has 2 aliphatic rings. The van der Waals surface area contributed by atoms with E-state index in [1.165, 1.54) is 11.8 Å². The smallest absolute Gasteiger partial charge is 0.255 e. The first-order valence-electron chi connectivity index (χ1n) is 8.09. The predicted octanol–water partition coefficient (Wildman–Crippen LogP) is 3.96. The third kappa shape index (κ3) is 2.85. The zero-order chi connectivity index (χ0) is 17.4. The minimum absolute atomic E-state index is 0.0723. The number of fused-ring (bicyclic) bond motifs is 3. The summed E-state index contributed by atoms with van der Waals surface area (Å²) in [4.78, 5) is 12.8. The molecule has 0 fully saturated rings. The molecule has 2 aromatic carbocycles. The quantitative estimate of drug-likeness (QED) is 0.837. The minimum atomic E-state index is -0.486. The van der Waals surface area contributed by atoms with E-state index in [2.05, 4.69) is 10.6 Å². The zero-order valence-corrected chi connectivity index (χ0v) is 15.1. The van der Waals surface area contributed by atoms with Crippen LogP contribution in [-0.2, 0) is 4.79 Å². The number of amides is 1. The summed E-state index contributed by atoms with van der Waals surface area (Å²) in [5.41, 5.74) is 2.72. The molecule has 0 bridgehead atoms. The Balaban J connectivity index is 1.86. The number of carbonyl (C=O) groups is 1. The van der Waals surface area contributed by atoms with E-state index in [0.29, 0.717) is 10.2 Å². The molecule has 0 spiro atoms. The standard InChI is InChI=1S/C18H17ClN4OS/c1-2-25-18-21-17(24)15-12-8-4-6-10-14(12)20-16(23(15)22-18)11-7-3-5-9-13(11)19/h3-10,15-16,20H,2H2,1H3,(H,21,22,24). The summed E-state index contributed by atoms with van der Waals surface area (Å²) in [7, 11) is 0. The highest BCUT2D eigenvalue weighted by atomic mass is 35.5. The van der Waals surface area contributed by atoms with Gasteiger partial charge in [0.15, 0.2) is 11.2 Å².